The molecule has 8 nitrogen and oxygen atoms in total. The zero-order valence-corrected chi connectivity index (χ0v) is 13.6. The van der Waals surface area contributed by atoms with Crippen LogP contribution in [0.2, 0.25) is 0 Å². The Morgan fingerprint density at radius 1 is 1.35 bits per heavy atom. The second kappa shape index (κ2) is 7.18. The van der Waals surface area contributed by atoms with E-state index in [1.54, 1.807) is 0 Å². The van der Waals surface area contributed by atoms with Crippen LogP contribution >= 0.6 is 0 Å². The molecule has 0 bridgehead atoms. The van der Waals surface area contributed by atoms with Crippen molar-refractivity contribution in [2.45, 2.75) is 58.0 Å². The predicted octanol–water partition coefficient (Wildman–Crippen LogP) is -0.637. The number of aliphatic hydroxyl groups excluding tert-OH is 3. The van der Waals surface area contributed by atoms with E-state index in [0.29, 0.717) is 12.2 Å². The summed E-state index contributed by atoms with van der Waals surface area (Å²) >= 11 is 0. The largest absolute Gasteiger partial charge is 0.394 e. The fraction of sp³-hybridized carbons (Fsp3) is 0.857. The van der Waals surface area contributed by atoms with E-state index in [0.717, 1.165) is 11.2 Å². The first-order valence-electron chi connectivity index (χ1n) is 7.61. The minimum atomic E-state index is -1.87. The lowest BCUT2D eigenvalue weighted by Gasteiger charge is -2.38. The number of aliphatic hydroxyl groups is 3. The lowest BCUT2D eigenvalue weighted by molar-refractivity contribution is -0.237. The maximum Gasteiger partial charge on any atom is 0.186 e. The number of aromatic nitrogens is 3. The van der Waals surface area contributed by atoms with E-state index in [1.807, 2.05) is 0 Å². The van der Waals surface area contributed by atoms with Crippen LogP contribution in [-0.4, -0.2) is 67.9 Å². The molecular formula is C14H25FN4O4. The summed E-state index contributed by atoms with van der Waals surface area (Å²) in [5.74, 6) is 0. The molecule has 0 radical (unpaired) electrons. The third kappa shape index (κ3) is 4.45. The molecule has 2 heterocycles. The van der Waals surface area contributed by atoms with Gasteiger partial charge in [-0.3, -0.25) is 0 Å². The molecule has 132 valence electrons. The fourth-order valence-electron chi connectivity index (χ4n) is 2.36. The predicted molar refractivity (Wildman–Crippen MR) is 79.1 cm³/mol. The van der Waals surface area contributed by atoms with Crippen molar-refractivity contribution < 1.29 is 24.4 Å². The molecule has 5 atom stereocenters. The number of ether oxygens (including phenoxy) is 1. The third-order valence-corrected chi connectivity index (χ3v) is 3.60. The molecular weight excluding hydrogens is 307 g/mol. The van der Waals surface area contributed by atoms with E-state index in [4.69, 9.17) is 9.84 Å². The lowest BCUT2D eigenvalue weighted by Crippen LogP contribution is -2.55. The second-order valence-corrected chi connectivity index (χ2v) is 7.03. The quantitative estimate of drug-likeness (QED) is 0.567. The molecule has 1 saturated heterocycles. The summed E-state index contributed by atoms with van der Waals surface area (Å²) < 4.78 is 20.6. The number of hydrogen-bond acceptors (Lipinski definition) is 7. The molecule has 0 spiro atoms. The topological polar surface area (TPSA) is 113 Å². The van der Waals surface area contributed by atoms with Gasteiger partial charge in [0, 0.05) is 13.1 Å². The van der Waals surface area contributed by atoms with Gasteiger partial charge in [-0.2, -0.15) is 0 Å². The van der Waals surface area contributed by atoms with Gasteiger partial charge in [0.2, 0.25) is 0 Å². The number of rotatable bonds is 5. The van der Waals surface area contributed by atoms with Crippen LogP contribution in [0.1, 0.15) is 32.7 Å². The molecule has 5 unspecified atom stereocenters. The highest BCUT2D eigenvalue weighted by molar-refractivity contribution is 4.96. The van der Waals surface area contributed by atoms with Gasteiger partial charge >= 0.3 is 0 Å². The Labute approximate surface area is 134 Å². The normalized spacial score (nSPS) is 32.2. The third-order valence-electron chi connectivity index (χ3n) is 3.60. The van der Waals surface area contributed by atoms with E-state index in [9.17, 15) is 14.6 Å². The number of halogens is 1. The molecule has 0 amide bonds. The minimum Gasteiger partial charge on any atom is -0.394 e. The van der Waals surface area contributed by atoms with E-state index in [2.05, 4.69) is 36.4 Å². The van der Waals surface area contributed by atoms with Crippen LogP contribution < -0.4 is 5.32 Å². The summed E-state index contributed by atoms with van der Waals surface area (Å²) in [6, 6.07) is 0. The molecule has 1 aliphatic heterocycles. The summed E-state index contributed by atoms with van der Waals surface area (Å²) in [5, 5.41) is 39.5. The zero-order chi connectivity index (χ0) is 17.2. The van der Waals surface area contributed by atoms with E-state index < -0.39 is 37.3 Å². The summed E-state index contributed by atoms with van der Waals surface area (Å²) in [6.07, 6.45) is -5.81. The SMILES string of the molecule is CC(C)(C)CNCc1cn(C2OC(CO)C(O)C(O)C2F)nn1. The van der Waals surface area contributed by atoms with Gasteiger partial charge in [-0.25, -0.2) is 9.07 Å². The van der Waals surface area contributed by atoms with Gasteiger partial charge < -0.3 is 25.4 Å². The average Bonchev–Trinajstić information content (AvgIpc) is 2.92. The van der Waals surface area contributed by atoms with Crippen molar-refractivity contribution in [3.05, 3.63) is 11.9 Å². The lowest BCUT2D eigenvalue weighted by atomic mass is 9.97. The standard InChI is InChI=1S/C14H25FN4O4/c1-14(2,3)7-16-4-8-5-19(18-17-8)13-10(15)12(22)11(21)9(6-20)23-13/h5,9-13,16,20-22H,4,6-7H2,1-3H3. The molecule has 0 saturated carbocycles. The zero-order valence-electron chi connectivity index (χ0n) is 13.6. The van der Waals surface area contributed by atoms with Crippen molar-refractivity contribution in [3.63, 3.8) is 0 Å². The summed E-state index contributed by atoms with van der Waals surface area (Å²) in [5.41, 5.74) is 0.729. The second-order valence-electron chi connectivity index (χ2n) is 7.03. The van der Waals surface area contributed by atoms with E-state index in [-0.39, 0.29) is 5.41 Å². The highest BCUT2D eigenvalue weighted by Crippen LogP contribution is 2.30. The number of nitrogens with one attached hydrogen (secondary N) is 1. The Balaban J connectivity index is 2.01. The van der Waals surface area contributed by atoms with Crippen LogP contribution in [0.4, 0.5) is 4.39 Å². The summed E-state index contributed by atoms with van der Waals surface area (Å²) in [6.45, 7) is 7.02. The molecule has 4 N–H and O–H groups in total. The summed E-state index contributed by atoms with van der Waals surface area (Å²) in [4.78, 5) is 0. The van der Waals surface area contributed by atoms with Gasteiger partial charge in [-0.1, -0.05) is 26.0 Å². The Morgan fingerprint density at radius 2 is 2.04 bits per heavy atom. The van der Waals surface area contributed by atoms with Crippen molar-refractivity contribution in [3.8, 4) is 0 Å². The summed E-state index contributed by atoms with van der Waals surface area (Å²) in [7, 11) is 0. The molecule has 23 heavy (non-hydrogen) atoms. The molecule has 1 fully saturated rings. The van der Waals surface area contributed by atoms with Gasteiger partial charge in [0.15, 0.2) is 12.4 Å². The van der Waals surface area contributed by atoms with Crippen LogP contribution in [0.3, 0.4) is 0 Å². The van der Waals surface area contributed by atoms with E-state index in [1.165, 1.54) is 6.20 Å². The van der Waals surface area contributed by atoms with Crippen molar-refractivity contribution in [2.75, 3.05) is 13.2 Å². The van der Waals surface area contributed by atoms with Crippen molar-refractivity contribution in [1.29, 1.82) is 0 Å². The molecule has 0 aliphatic carbocycles. The van der Waals surface area contributed by atoms with Crippen molar-refractivity contribution in [1.82, 2.24) is 20.3 Å². The Kier molecular flexibility index (Phi) is 5.69. The van der Waals surface area contributed by atoms with Crippen LogP contribution in [0.5, 0.6) is 0 Å². The number of hydrogen-bond donors (Lipinski definition) is 4. The first-order chi connectivity index (χ1) is 10.7. The number of nitrogens with zero attached hydrogens (tertiary/aromatic N) is 3. The van der Waals surface area contributed by atoms with Gasteiger partial charge in [-0.05, 0) is 5.41 Å². The van der Waals surface area contributed by atoms with Gasteiger partial charge in [0.05, 0.1) is 18.5 Å². The molecule has 1 aliphatic rings. The minimum absolute atomic E-state index is 0.126. The van der Waals surface area contributed by atoms with Crippen molar-refractivity contribution in [2.24, 2.45) is 5.41 Å². The maximum absolute atomic E-state index is 14.2. The molecule has 0 aromatic carbocycles. The monoisotopic (exact) mass is 332 g/mol. The first-order valence-corrected chi connectivity index (χ1v) is 7.61. The first kappa shape index (κ1) is 18.2. The fourth-order valence-corrected chi connectivity index (χ4v) is 2.36. The Morgan fingerprint density at radius 3 is 2.65 bits per heavy atom. The molecule has 1 aromatic heterocycles. The van der Waals surface area contributed by atoms with E-state index >= 15 is 0 Å². The highest BCUT2D eigenvalue weighted by atomic mass is 19.1. The Hall–Kier alpha value is -1.13. The Bertz CT molecular complexity index is 505. The van der Waals surface area contributed by atoms with Gasteiger partial charge in [-0.15, -0.1) is 5.10 Å². The van der Waals surface area contributed by atoms with Crippen LogP contribution in [-0.2, 0) is 11.3 Å². The van der Waals surface area contributed by atoms with Crippen LogP contribution in [0, 0.1) is 5.41 Å². The van der Waals surface area contributed by atoms with Gasteiger partial charge in [0.1, 0.15) is 18.3 Å². The van der Waals surface area contributed by atoms with Gasteiger partial charge in [0.25, 0.3) is 0 Å². The van der Waals surface area contributed by atoms with Crippen molar-refractivity contribution >= 4 is 0 Å². The number of alkyl halides is 1. The smallest absolute Gasteiger partial charge is 0.186 e. The average molecular weight is 332 g/mol. The molecule has 1 aromatic rings. The maximum atomic E-state index is 14.2. The highest BCUT2D eigenvalue weighted by Gasteiger charge is 2.46. The molecule has 9 heteroatoms. The van der Waals surface area contributed by atoms with Crippen LogP contribution in [0.15, 0.2) is 6.20 Å². The molecule has 2 rings (SSSR count). The van der Waals surface area contributed by atoms with Crippen LogP contribution in [0.25, 0.3) is 0 Å².